The molecule has 0 saturated carbocycles. The molecule has 0 aromatic carbocycles. The van der Waals surface area contributed by atoms with Crippen molar-refractivity contribution in [2.75, 3.05) is 11.9 Å². The van der Waals surface area contributed by atoms with Crippen molar-refractivity contribution in [3.05, 3.63) is 40.7 Å². The van der Waals surface area contributed by atoms with Gasteiger partial charge in [0.15, 0.2) is 5.13 Å². The van der Waals surface area contributed by atoms with Crippen LogP contribution in [-0.2, 0) is 13.0 Å². The molecule has 2 rings (SSSR count). The van der Waals surface area contributed by atoms with E-state index in [1.807, 2.05) is 37.1 Å². The third-order valence-corrected chi connectivity index (χ3v) is 3.87. The molecule has 0 spiro atoms. The number of rotatable bonds is 5. The van der Waals surface area contributed by atoms with Crippen LogP contribution in [0.3, 0.4) is 0 Å². The van der Waals surface area contributed by atoms with Crippen LogP contribution in [0.25, 0.3) is 0 Å². The summed E-state index contributed by atoms with van der Waals surface area (Å²) in [4.78, 5) is 22.0. The summed E-state index contributed by atoms with van der Waals surface area (Å²) in [5.41, 5.74) is 1.57. The molecular formula is C13H15N3O2S. The molecule has 1 N–H and O–H groups in total. The SMILES string of the molecule is CCc1nc(N(C)Cc2ccccn2)sc1C(=O)O. The number of nitrogens with zero attached hydrogens (tertiary/aromatic N) is 3. The van der Waals surface area contributed by atoms with E-state index in [0.29, 0.717) is 28.7 Å². The molecule has 5 nitrogen and oxygen atoms in total. The summed E-state index contributed by atoms with van der Waals surface area (Å²) in [7, 11) is 1.89. The van der Waals surface area contributed by atoms with Gasteiger partial charge in [0.05, 0.1) is 17.9 Å². The Morgan fingerprint density at radius 3 is 2.79 bits per heavy atom. The first-order valence-corrected chi connectivity index (χ1v) is 6.77. The molecule has 19 heavy (non-hydrogen) atoms. The molecule has 2 aromatic heterocycles. The maximum Gasteiger partial charge on any atom is 0.347 e. The number of hydrogen-bond acceptors (Lipinski definition) is 5. The van der Waals surface area contributed by atoms with E-state index in [0.717, 1.165) is 5.69 Å². The van der Waals surface area contributed by atoms with Crippen LogP contribution >= 0.6 is 11.3 Å². The number of carboxylic acids is 1. The van der Waals surface area contributed by atoms with E-state index in [1.165, 1.54) is 11.3 Å². The molecule has 0 atom stereocenters. The lowest BCUT2D eigenvalue weighted by Gasteiger charge is -2.14. The minimum absolute atomic E-state index is 0.324. The van der Waals surface area contributed by atoms with Gasteiger partial charge >= 0.3 is 5.97 Å². The Hall–Kier alpha value is -1.95. The number of pyridine rings is 1. The number of hydrogen-bond donors (Lipinski definition) is 1. The van der Waals surface area contributed by atoms with Crippen LogP contribution in [0.5, 0.6) is 0 Å². The predicted molar refractivity (Wildman–Crippen MR) is 74.8 cm³/mol. The largest absolute Gasteiger partial charge is 0.477 e. The normalized spacial score (nSPS) is 10.4. The van der Waals surface area contributed by atoms with Crippen molar-refractivity contribution >= 4 is 22.4 Å². The summed E-state index contributed by atoms with van der Waals surface area (Å²) in [5.74, 6) is -0.910. The summed E-state index contributed by atoms with van der Waals surface area (Å²) >= 11 is 1.21. The van der Waals surface area contributed by atoms with Crippen molar-refractivity contribution in [1.29, 1.82) is 0 Å². The lowest BCUT2D eigenvalue weighted by Crippen LogP contribution is -2.16. The third kappa shape index (κ3) is 3.08. The van der Waals surface area contributed by atoms with Crippen LogP contribution in [0.4, 0.5) is 5.13 Å². The summed E-state index contributed by atoms with van der Waals surface area (Å²) in [6.45, 7) is 2.51. The van der Waals surface area contributed by atoms with Gasteiger partial charge in [-0.05, 0) is 18.6 Å². The molecule has 0 saturated heterocycles. The van der Waals surface area contributed by atoms with E-state index in [4.69, 9.17) is 5.11 Å². The molecule has 0 aliphatic rings. The molecule has 100 valence electrons. The molecule has 0 bridgehead atoms. The number of aromatic carboxylic acids is 1. The average molecular weight is 277 g/mol. The number of anilines is 1. The number of carbonyl (C=O) groups is 1. The fourth-order valence-corrected chi connectivity index (χ4v) is 2.67. The monoisotopic (exact) mass is 277 g/mol. The van der Waals surface area contributed by atoms with Gasteiger partial charge in [-0.3, -0.25) is 4.98 Å². The van der Waals surface area contributed by atoms with Crippen molar-refractivity contribution in [3.8, 4) is 0 Å². The maximum absolute atomic E-state index is 11.1. The van der Waals surface area contributed by atoms with E-state index in [-0.39, 0.29) is 0 Å². The van der Waals surface area contributed by atoms with Crippen LogP contribution in [0.2, 0.25) is 0 Å². The number of aromatic nitrogens is 2. The van der Waals surface area contributed by atoms with E-state index in [2.05, 4.69) is 9.97 Å². The van der Waals surface area contributed by atoms with E-state index >= 15 is 0 Å². The van der Waals surface area contributed by atoms with Crippen molar-refractivity contribution < 1.29 is 9.90 Å². The van der Waals surface area contributed by atoms with Gasteiger partial charge in [0.1, 0.15) is 4.88 Å². The van der Waals surface area contributed by atoms with Crippen molar-refractivity contribution in [2.45, 2.75) is 19.9 Å². The molecule has 0 fully saturated rings. The molecule has 0 radical (unpaired) electrons. The first-order chi connectivity index (χ1) is 9.11. The maximum atomic E-state index is 11.1. The van der Waals surface area contributed by atoms with Gasteiger partial charge in [0.2, 0.25) is 0 Å². The second kappa shape index (κ2) is 5.79. The summed E-state index contributed by atoms with van der Waals surface area (Å²) < 4.78 is 0. The first-order valence-electron chi connectivity index (χ1n) is 5.95. The van der Waals surface area contributed by atoms with Gasteiger partial charge in [-0.1, -0.05) is 24.3 Å². The fraction of sp³-hybridized carbons (Fsp3) is 0.308. The zero-order valence-electron chi connectivity index (χ0n) is 10.8. The van der Waals surface area contributed by atoms with Crippen LogP contribution in [0.15, 0.2) is 24.4 Å². The third-order valence-electron chi connectivity index (χ3n) is 2.67. The Morgan fingerprint density at radius 1 is 1.47 bits per heavy atom. The number of carboxylic acid groups (broad SMARTS) is 1. The second-order valence-electron chi connectivity index (χ2n) is 4.11. The minimum Gasteiger partial charge on any atom is -0.477 e. The quantitative estimate of drug-likeness (QED) is 0.909. The number of thiazole rings is 1. The van der Waals surface area contributed by atoms with Gasteiger partial charge in [-0.2, -0.15) is 0 Å². The average Bonchev–Trinajstić information content (AvgIpc) is 2.84. The number of aryl methyl sites for hydroxylation is 1. The smallest absolute Gasteiger partial charge is 0.347 e. The zero-order valence-corrected chi connectivity index (χ0v) is 11.6. The highest BCUT2D eigenvalue weighted by Gasteiger charge is 2.18. The van der Waals surface area contributed by atoms with Crippen molar-refractivity contribution in [2.24, 2.45) is 0 Å². The molecule has 0 aliphatic heterocycles. The van der Waals surface area contributed by atoms with Gasteiger partial charge in [0, 0.05) is 13.2 Å². The Bertz CT molecular complexity index is 569. The van der Waals surface area contributed by atoms with Crippen molar-refractivity contribution in [1.82, 2.24) is 9.97 Å². The predicted octanol–water partition coefficient (Wildman–Crippen LogP) is 2.44. The highest BCUT2D eigenvalue weighted by Crippen LogP contribution is 2.26. The lowest BCUT2D eigenvalue weighted by molar-refractivity contribution is 0.0701. The van der Waals surface area contributed by atoms with Crippen LogP contribution in [0, 0.1) is 0 Å². The van der Waals surface area contributed by atoms with Gasteiger partial charge in [-0.15, -0.1) is 0 Å². The van der Waals surface area contributed by atoms with Gasteiger partial charge < -0.3 is 10.0 Å². The summed E-state index contributed by atoms with van der Waals surface area (Å²) in [6.07, 6.45) is 2.36. The second-order valence-corrected chi connectivity index (χ2v) is 5.09. The summed E-state index contributed by atoms with van der Waals surface area (Å²) in [6, 6.07) is 5.73. The Morgan fingerprint density at radius 2 is 2.26 bits per heavy atom. The molecule has 2 aromatic rings. The first kappa shape index (κ1) is 13.5. The van der Waals surface area contributed by atoms with Gasteiger partial charge in [-0.25, -0.2) is 9.78 Å². The molecule has 2 heterocycles. The standard InChI is InChI=1S/C13H15N3O2S/c1-3-10-11(12(17)18)19-13(15-10)16(2)8-9-6-4-5-7-14-9/h4-7H,3,8H2,1-2H3,(H,17,18). The molecular weight excluding hydrogens is 262 g/mol. The zero-order chi connectivity index (χ0) is 13.8. The lowest BCUT2D eigenvalue weighted by atomic mass is 10.3. The fourth-order valence-electron chi connectivity index (χ4n) is 1.71. The van der Waals surface area contributed by atoms with E-state index in [9.17, 15) is 4.79 Å². The van der Waals surface area contributed by atoms with Crippen LogP contribution in [-0.4, -0.2) is 28.1 Å². The molecule has 0 amide bonds. The molecule has 0 unspecified atom stereocenters. The summed E-state index contributed by atoms with van der Waals surface area (Å²) in [5, 5.41) is 9.83. The highest BCUT2D eigenvalue weighted by atomic mass is 32.1. The van der Waals surface area contributed by atoms with Crippen LogP contribution < -0.4 is 4.90 Å². The Labute approximate surface area is 115 Å². The Balaban J connectivity index is 2.20. The highest BCUT2D eigenvalue weighted by molar-refractivity contribution is 7.17. The van der Waals surface area contributed by atoms with E-state index in [1.54, 1.807) is 6.20 Å². The topological polar surface area (TPSA) is 66.3 Å². The van der Waals surface area contributed by atoms with Crippen LogP contribution in [0.1, 0.15) is 28.0 Å². The van der Waals surface area contributed by atoms with Crippen molar-refractivity contribution in [3.63, 3.8) is 0 Å². The minimum atomic E-state index is -0.910. The Kier molecular flexibility index (Phi) is 4.11. The van der Waals surface area contributed by atoms with E-state index < -0.39 is 5.97 Å². The molecule has 0 aliphatic carbocycles. The van der Waals surface area contributed by atoms with Gasteiger partial charge in [0.25, 0.3) is 0 Å². The molecule has 6 heteroatoms.